The third-order valence-electron chi connectivity index (χ3n) is 2.96. The summed E-state index contributed by atoms with van der Waals surface area (Å²) in [5.74, 6) is 1.58. The highest BCUT2D eigenvalue weighted by Crippen LogP contribution is 2.29. The number of hydrogen-bond donors (Lipinski definition) is 1. The summed E-state index contributed by atoms with van der Waals surface area (Å²) in [6.45, 7) is 0. The van der Waals surface area contributed by atoms with Crippen LogP contribution in [0.25, 0.3) is 0 Å². The van der Waals surface area contributed by atoms with Crippen molar-refractivity contribution < 1.29 is 13.7 Å². The van der Waals surface area contributed by atoms with E-state index in [0.717, 1.165) is 10.0 Å². The number of anilines is 1. The molecule has 4 nitrogen and oxygen atoms in total. The minimum Gasteiger partial charge on any atom is -0.496 e. The van der Waals surface area contributed by atoms with E-state index in [1.165, 1.54) is 7.11 Å². The van der Waals surface area contributed by atoms with Crippen LogP contribution in [0.5, 0.6) is 11.5 Å². The van der Waals surface area contributed by atoms with Gasteiger partial charge in [-0.3, -0.25) is 4.21 Å². The smallest absolute Gasteiger partial charge is 0.137 e. The number of rotatable bonds is 5. The molecule has 0 fully saturated rings. The highest BCUT2D eigenvalue weighted by atomic mass is 79.9. The van der Waals surface area contributed by atoms with Crippen molar-refractivity contribution in [2.24, 2.45) is 0 Å². The Bertz CT molecular complexity index is 676. The summed E-state index contributed by atoms with van der Waals surface area (Å²) in [6.07, 6.45) is 0. The molecule has 1 atom stereocenters. The summed E-state index contributed by atoms with van der Waals surface area (Å²) in [4.78, 5) is 0.619. The quantitative estimate of drug-likeness (QED) is 0.820. The van der Waals surface area contributed by atoms with E-state index in [1.807, 2.05) is 18.2 Å². The molecule has 0 heterocycles. The van der Waals surface area contributed by atoms with Crippen molar-refractivity contribution in [3.8, 4) is 11.5 Å². The molecule has 112 valence electrons. The van der Waals surface area contributed by atoms with Crippen LogP contribution in [0, 0.1) is 0 Å². The second-order valence-corrected chi connectivity index (χ2v) is 6.69. The highest BCUT2D eigenvalue weighted by Gasteiger charge is 2.14. The van der Waals surface area contributed by atoms with Gasteiger partial charge in [-0.15, -0.1) is 0 Å². The highest BCUT2D eigenvalue weighted by molar-refractivity contribution is 9.10. The van der Waals surface area contributed by atoms with E-state index in [4.69, 9.17) is 15.2 Å². The van der Waals surface area contributed by atoms with Gasteiger partial charge < -0.3 is 15.2 Å². The van der Waals surface area contributed by atoms with Crippen molar-refractivity contribution in [1.29, 1.82) is 0 Å². The fourth-order valence-electron chi connectivity index (χ4n) is 1.95. The van der Waals surface area contributed by atoms with Gasteiger partial charge in [0, 0.05) is 21.8 Å². The molecule has 2 rings (SSSR count). The Morgan fingerprint density at radius 3 is 2.48 bits per heavy atom. The monoisotopic (exact) mass is 369 g/mol. The molecular weight excluding hydrogens is 354 g/mol. The Kier molecular flexibility index (Phi) is 5.25. The van der Waals surface area contributed by atoms with Crippen molar-refractivity contribution in [1.82, 2.24) is 0 Å². The molecule has 1 unspecified atom stereocenters. The van der Waals surface area contributed by atoms with Gasteiger partial charge in [-0.2, -0.15) is 0 Å². The van der Waals surface area contributed by atoms with Crippen LogP contribution in [0.2, 0.25) is 0 Å². The number of hydrogen-bond acceptors (Lipinski definition) is 4. The molecule has 0 aliphatic carbocycles. The number of nitrogens with two attached hydrogens (primary N) is 1. The van der Waals surface area contributed by atoms with Crippen LogP contribution in [0.1, 0.15) is 5.56 Å². The summed E-state index contributed by atoms with van der Waals surface area (Å²) in [5, 5.41) is 0. The van der Waals surface area contributed by atoms with E-state index in [2.05, 4.69) is 15.9 Å². The summed E-state index contributed by atoms with van der Waals surface area (Å²) >= 11 is 3.41. The number of ether oxygens (including phenoxy) is 2. The Morgan fingerprint density at radius 1 is 1.10 bits per heavy atom. The lowest BCUT2D eigenvalue weighted by atomic mass is 10.2. The third kappa shape index (κ3) is 3.77. The molecule has 0 bridgehead atoms. The Hall–Kier alpha value is -1.53. The molecule has 2 N–H and O–H groups in total. The predicted octanol–water partition coefficient (Wildman–Crippen LogP) is 3.36. The van der Waals surface area contributed by atoms with Crippen LogP contribution in [0.3, 0.4) is 0 Å². The molecule has 0 aromatic heterocycles. The van der Waals surface area contributed by atoms with Gasteiger partial charge in [0.25, 0.3) is 0 Å². The van der Waals surface area contributed by atoms with Gasteiger partial charge in [-0.1, -0.05) is 15.9 Å². The summed E-state index contributed by atoms with van der Waals surface area (Å²) in [6, 6.07) is 10.8. The van der Waals surface area contributed by atoms with E-state index in [9.17, 15) is 4.21 Å². The van der Waals surface area contributed by atoms with Crippen LogP contribution in [0.4, 0.5) is 5.69 Å². The molecule has 0 amide bonds. The molecule has 0 saturated carbocycles. The maximum atomic E-state index is 12.6. The first-order chi connectivity index (χ1) is 10.0. The van der Waals surface area contributed by atoms with Gasteiger partial charge in [-0.05, 0) is 30.3 Å². The summed E-state index contributed by atoms with van der Waals surface area (Å²) < 4.78 is 24.1. The Morgan fingerprint density at radius 2 is 1.81 bits per heavy atom. The lowest BCUT2D eigenvalue weighted by Gasteiger charge is -2.11. The van der Waals surface area contributed by atoms with Gasteiger partial charge in [0.2, 0.25) is 0 Å². The maximum absolute atomic E-state index is 12.6. The molecule has 21 heavy (non-hydrogen) atoms. The molecule has 0 spiro atoms. The minimum atomic E-state index is -1.26. The SMILES string of the molecule is COc1ccc(Br)cc1CS(=O)c1ccc(N)cc1OC. The van der Waals surface area contributed by atoms with E-state index in [1.54, 1.807) is 25.3 Å². The third-order valence-corrected chi connectivity index (χ3v) is 4.86. The molecule has 2 aromatic rings. The van der Waals surface area contributed by atoms with Crippen molar-refractivity contribution in [3.05, 3.63) is 46.4 Å². The van der Waals surface area contributed by atoms with Gasteiger partial charge in [0.1, 0.15) is 11.5 Å². The standard InChI is InChI=1S/C15H16BrNO3S/c1-19-13-5-3-11(16)7-10(13)9-21(18)15-6-4-12(17)8-14(15)20-2/h3-8H,9,17H2,1-2H3. The van der Waals surface area contributed by atoms with Gasteiger partial charge in [0.05, 0.1) is 35.7 Å². The summed E-state index contributed by atoms with van der Waals surface area (Å²) in [5.41, 5.74) is 7.16. The zero-order valence-corrected chi connectivity index (χ0v) is 14.2. The number of halogens is 1. The number of methoxy groups -OCH3 is 2. The number of nitrogen functional groups attached to an aromatic ring is 1. The Labute approximate surface area is 134 Å². The average Bonchev–Trinajstić information content (AvgIpc) is 2.47. The zero-order chi connectivity index (χ0) is 15.4. The lowest BCUT2D eigenvalue weighted by molar-refractivity contribution is 0.404. The van der Waals surface area contributed by atoms with Gasteiger partial charge >= 0.3 is 0 Å². The van der Waals surface area contributed by atoms with Crippen LogP contribution in [0.15, 0.2) is 45.8 Å². The first-order valence-electron chi connectivity index (χ1n) is 6.19. The van der Waals surface area contributed by atoms with E-state index in [0.29, 0.717) is 27.8 Å². The molecule has 0 saturated heterocycles. The van der Waals surface area contributed by atoms with Crippen molar-refractivity contribution in [2.75, 3.05) is 20.0 Å². The lowest BCUT2D eigenvalue weighted by Crippen LogP contribution is -2.02. The van der Waals surface area contributed by atoms with Crippen LogP contribution in [-0.4, -0.2) is 18.4 Å². The van der Waals surface area contributed by atoms with Gasteiger partial charge in [-0.25, -0.2) is 0 Å². The predicted molar refractivity (Wildman–Crippen MR) is 88.2 cm³/mol. The first-order valence-corrected chi connectivity index (χ1v) is 8.30. The van der Waals surface area contributed by atoms with Crippen molar-refractivity contribution in [2.45, 2.75) is 10.6 Å². The Balaban J connectivity index is 2.32. The second kappa shape index (κ2) is 6.95. The maximum Gasteiger partial charge on any atom is 0.137 e. The molecule has 0 radical (unpaired) electrons. The minimum absolute atomic E-state index is 0.336. The van der Waals surface area contributed by atoms with E-state index in [-0.39, 0.29) is 0 Å². The van der Waals surface area contributed by atoms with Gasteiger partial charge in [0.15, 0.2) is 0 Å². The molecular formula is C15H16BrNO3S. The van der Waals surface area contributed by atoms with Crippen LogP contribution in [-0.2, 0) is 16.6 Å². The van der Waals surface area contributed by atoms with Crippen LogP contribution < -0.4 is 15.2 Å². The fourth-order valence-corrected chi connectivity index (χ4v) is 3.61. The molecule has 0 aliphatic heterocycles. The molecule has 0 aliphatic rings. The molecule has 6 heteroatoms. The number of benzene rings is 2. The first kappa shape index (κ1) is 15.9. The second-order valence-electron chi connectivity index (χ2n) is 4.36. The van der Waals surface area contributed by atoms with E-state index < -0.39 is 10.8 Å². The normalized spacial score (nSPS) is 12.0. The fraction of sp³-hybridized carbons (Fsp3) is 0.200. The topological polar surface area (TPSA) is 61.5 Å². The average molecular weight is 370 g/mol. The van der Waals surface area contributed by atoms with Crippen molar-refractivity contribution in [3.63, 3.8) is 0 Å². The van der Waals surface area contributed by atoms with Crippen molar-refractivity contribution >= 4 is 32.4 Å². The largest absolute Gasteiger partial charge is 0.496 e. The molecule has 2 aromatic carbocycles. The summed E-state index contributed by atoms with van der Waals surface area (Å²) in [7, 11) is 1.88. The van der Waals surface area contributed by atoms with Crippen LogP contribution >= 0.6 is 15.9 Å². The zero-order valence-electron chi connectivity index (χ0n) is 11.8. The van der Waals surface area contributed by atoms with E-state index >= 15 is 0 Å².